The number of H-pyrrole nitrogens is 1. The fourth-order valence-corrected chi connectivity index (χ4v) is 3.30. The lowest BCUT2D eigenvalue weighted by molar-refractivity contribution is 0.247. The van der Waals surface area contributed by atoms with Crippen LogP contribution in [0, 0.1) is 0 Å². The topological polar surface area (TPSA) is 45.0 Å². The van der Waals surface area contributed by atoms with Gasteiger partial charge < -0.3 is 10.7 Å². The van der Waals surface area contributed by atoms with Gasteiger partial charge in [0.25, 0.3) is 0 Å². The average Bonchev–Trinajstić information content (AvgIpc) is 2.92. The molecule has 1 aromatic heterocycles. The number of para-hydroxylation sites is 1. The maximum atomic E-state index is 6.13. The molecule has 0 atom stereocenters. The van der Waals surface area contributed by atoms with Gasteiger partial charge in [-0.15, -0.1) is 0 Å². The highest BCUT2D eigenvalue weighted by molar-refractivity contribution is 5.82. The Morgan fingerprint density at radius 3 is 2.95 bits per heavy atom. The van der Waals surface area contributed by atoms with E-state index < -0.39 is 0 Å². The van der Waals surface area contributed by atoms with E-state index in [4.69, 9.17) is 5.73 Å². The van der Waals surface area contributed by atoms with Crippen LogP contribution in [0.2, 0.25) is 0 Å². The molecule has 0 amide bonds. The zero-order valence-corrected chi connectivity index (χ0v) is 12.0. The first-order valence-corrected chi connectivity index (χ1v) is 7.45. The summed E-state index contributed by atoms with van der Waals surface area (Å²) in [5.74, 6) is 0. The lowest BCUT2D eigenvalue weighted by Crippen LogP contribution is -2.30. The van der Waals surface area contributed by atoms with E-state index in [9.17, 15) is 0 Å². The number of hydrogen-bond donors (Lipinski definition) is 2. The minimum Gasteiger partial charge on any atom is -0.398 e. The predicted octanol–water partition coefficient (Wildman–Crippen LogP) is 3.31. The summed E-state index contributed by atoms with van der Waals surface area (Å²) >= 11 is 0. The second kappa shape index (κ2) is 4.93. The molecule has 0 saturated heterocycles. The van der Waals surface area contributed by atoms with E-state index >= 15 is 0 Å². The lowest BCUT2D eigenvalue weighted by atomic mass is 9.98. The van der Waals surface area contributed by atoms with Crippen molar-refractivity contribution in [2.75, 3.05) is 12.3 Å². The largest absolute Gasteiger partial charge is 0.398 e. The number of aromatic nitrogens is 1. The summed E-state index contributed by atoms with van der Waals surface area (Å²) in [5, 5.41) is 1.32. The van der Waals surface area contributed by atoms with Crippen molar-refractivity contribution in [1.82, 2.24) is 9.88 Å². The highest BCUT2D eigenvalue weighted by Gasteiger charge is 2.18. The fourth-order valence-electron chi connectivity index (χ4n) is 3.30. The number of aromatic amines is 1. The van der Waals surface area contributed by atoms with Crippen LogP contribution < -0.4 is 5.73 Å². The first-order valence-electron chi connectivity index (χ1n) is 7.45. The zero-order valence-electron chi connectivity index (χ0n) is 12.0. The Morgan fingerprint density at radius 1 is 1.10 bits per heavy atom. The number of anilines is 1. The molecular weight excluding hydrogens is 258 g/mol. The van der Waals surface area contributed by atoms with Gasteiger partial charge in [0.1, 0.15) is 0 Å². The monoisotopic (exact) mass is 277 g/mol. The van der Waals surface area contributed by atoms with Gasteiger partial charge in [-0.25, -0.2) is 0 Å². The van der Waals surface area contributed by atoms with Gasteiger partial charge in [0, 0.05) is 42.4 Å². The van der Waals surface area contributed by atoms with Crippen LogP contribution in [0.15, 0.2) is 48.7 Å². The smallest absolute Gasteiger partial charge is 0.0457 e. The highest BCUT2D eigenvalue weighted by Crippen LogP contribution is 2.26. The van der Waals surface area contributed by atoms with Gasteiger partial charge in [-0.2, -0.15) is 0 Å². The van der Waals surface area contributed by atoms with Crippen molar-refractivity contribution >= 4 is 16.6 Å². The maximum absolute atomic E-state index is 6.13. The Bertz CT molecular complexity index is 788. The summed E-state index contributed by atoms with van der Waals surface area (Å²) < 4.78 is 0. The van der Waals surface area contributed by atoms with Crippen LogP contribution in [0.4, 0.5) is 5.69 Å². The third kappa shape index (κ3) is 2.20. The number of nitrogens with zero attached hydrogens (tertiary/aromatic N) is 1. The number of benzene rings is 2. The molecule has 0 unspecified atom stereocenters. The molecule has 3 aromatic rings. The number of fused-ring (bicyclic) bond motifs is 2. The molecule has 0 aliphatic carbocycles. The Kier molecular flexibility index (Phi) is 2.93. The lowest BCUT2D eigenvalue weighted by Gasteiger charge is -2.29. The summed E-state index contributed by atoms with van der Waals surface area (Å²) in [5.41, 5.74) is 12.4. The fraction of sp³-hybridized carbons (Fsp3) is 0.222. The van der Waals surface area contributed by atoms with Crippen LogP contribution in [-0.4, -0.2) is 16.4 Å². The van der Waals surface area contributed by atoms with E-state index in [1.807, 2.05) is 6.07 Å². The zero-order chi connectivity index (χ0) is 14.2. The molecule has 1 aliphatic rings. The second-order valence-corrected chi connectivity index (χ2v) is 5.81. The van der Waals surface area contributed by atoms with Crippen molar-refractivity contribution in [2.24, 2.45) is 0 Å². The summed E-state index contributed by atoms with van der Waals surface area (Å²) in [6.45, 7) is 3.01. The van der Waals surface area contributed by atoms with Crippen LogP contribution >= 0.6 is 0 Å². The molecule has 0 radical (unpaired) electrons. The van der Waals surface area contributed by atoms with Gasteiger partial charge in [0.05, 0.1) is 0 Å². The minimum absolute atomic E-state index is 0.927. The molecule has 3 nitrogen and oxygen atoms in total. The normalized spacial score (nSPS) is 15.2. The quantitative estimate of drug-likeness (QED) is 0.706. The van der Waals surface area contributed by atoms with Crippen molar-refractivity contribution in [3.8, 4) is 0 Å². The van der Waals surface area contributed by atoms with E-state index in [0.717, 1.165) is 31.7 Å². The summed E-state index contributed by atoms with van der Waals surface area (Å²) in [7, 11) is 0. The SMILES string of the molecule is Nc1cccc2c1CN(Cc1c[nH]c3ccccc13)CC2. The van der Waals surface area contributed by atoms with Crippen molar-refractivity contribution in [3.05, 3.63) is 65.4 Å². The van der Waals surface area contributed by atoms with Crippen LogP contribution in [0.5, 0.6) is 0 Å². The van der Waals surface area contributed by atoms with Crippen LogP contribution in [0.1, 0.15) is 16.7 Å². The molecule has 1 aliphatic heterocycles. The first-order chi connectivity index (χ1) is 10.3. The van der Waals surface area contributed by atoms with Gasteiger partial charge in [0.15, 0.2) is 0 Å². The van der Waals surface area contributed by atoms with Crippen molar-refractivity contribution in [1.29, 1.82) is 0 Å². The van der Waals surface area contributed by atoms with Crippen molar-refractivity contribution in [2.45, 2.75) is 19.5 Å². The van der Waals surface area contributed by atoms with Crippen LogP contribution in [0.3, 0.4) is 0 Å². The summed E-state index contributed by atoms with van der Waals surface area (Å²) in [6.07, 6.45) is 3.22. The van der Waals surface area contributed by atoms with Gasteiger partial charge in [-0.05, 0) is 35.2 Å². The van der Waals surface area contributed by atoms with Crippen LogP contribution in [-0.2, 0) is 19.5 Å². The summed E-state index contributed by atoms with van der Waals surface area (Å²) in [4.78, 5) is 5.84. The van der Waals surface area contributed by atoms with Gasteiger partial charge >= 0.3 is 0 Å². The highest BCUT2D eigenvalue weighted by atomic mass is 15.1. The minimum atomic E-state index is 0.927. The molecule has 3 heteroatoms. The molecule has 21 heavy (non-hydrogen) atoms. The van der Waals surface area contributed by atoms with E-state index in [2.05, 4.69) is 52.5 Å². The molecule has 4 rings (SSSR count). The molecular formula is C18H19N3. The first kappa shape index (κ1) is 12.5. The van der Waals surface area contributed by atoms with Crippen LogP contribution in [0.25, 0.3) is 10.9 Å². The van der Waals surface area contributed by atoms with Crippen molar-refractivity contribution < 1.29 is 0 Å². The van der Waals surface area contributed by atoms with E-state index in [-0.39, 0.29) is 0 Å². The maximum Gasteiger partial charge on any atom is 0.0457 e. The molecule has 0 saturated carbocycles. The van der Waals surface area contributed by atoms with E-state index in [1.54, 1.807) is 0 Å². The Hall–Kier alpha value is -2.26. The molecule has 0 bridgehead atoms. The molecule has 2 heterocycles. The molecule has 2 aromatic carbocycles. The van der Waals surface area contributed by atoms with Gasteiger partial charge in [-0.3, -0.25) is 4.90 Å². The molecule has 0 fully saturated rings. The standard InChI is InChI=1S/C18H19N3/c19-17-6-3-4-13-8-9-21(12-16(13)17)11-14-10-20-18-7-2-1-5-15(14)18/h1-7,10,20H,8-9,11-12,19H2. The van der Waals surface area contributed by atoms with Crippen molar-refractivity contribution in [3.63, 3.8) is 0 Å². The average molecular weight is 277 g/mol. The molecule has 0 spiro atoms. The third-order valence-corrected chi connectivity index (χ3v) is 4.46. The van der Waals surface area contributed by atoms with E-state index in [1.165, 1.54) is 27.6 Å². The number of nitrogen functional groups attached to an aromatic ring is 1. The second-order valence-electron chi connectivity index (χ2n) is 5.81. The Morgan fingerprint density at radius 2 is 2.00 bits per heavy atom. The number of rotatable bonds is 2. The predicted molar refractivity (Wildman–Crippen MR) is 87.0 cm³/mol. The van der Waals surface area contributed by atoms with Gasteiger partial charge in [0.2, 0.25) is 0 Å². The number of nitrogens with two attached hydrogens (primary N) is 1. The summed E-state index contributed by atoms with van der Waals surface area (Å²) in [6, 6.07) is 14.8. The van der Waals surface area contributed by atoms with E-state index in [0.29, 0.717) is 0 Å². The molecule has 106 valence electrons. The number of nitrogens with one attached hydrogen (secondary N) is 1. The van der Waals surface area contributed by atoms with Gasteiger partial charge in [-0.1, -0.05) is 30.3 Å². The number of hydrogen-bond acceptors (Lipinski definition) is 2. The third-order valence-electron chi connectivity index (χ3n) is 4.46. The Balaban J connectivity index is 1.60. The molecule has 3 N–H and O–H groups in total. The Labute approximate surface area is 124 Å².